The van der Waals surface area contributed by atoms with Gasteiger partial charge in [0.1, 0.15) is 0 Å². The molecule has 3 N–H and O–H groups in total. The van der Waals surface area contributed by atoms with E-state index in [-0.39, 0.29) is 73.3 Å². The Hall–Kier alpha value is 2.47. The van der Waals surface area contributed by atoms with Crippen LogP contribution in [0.15, 0.2) is 0 Å². The van der Waals surface area contributed by atoms with Crippen molar-refractivity contribution in [2.45, 2.75) is 0 Å². The summed E-state index contributed by atoms with van der Waals surface area (Å²) >= 11 is 0. The zero-order valence-corrected chi connectivity index (χ0v) is 9.42. The van der Waals surface area contributed by atoms with Crippen LogP contribution in [0.2, 0.25) is 0 Å². The summed E-state index contributed by atoms with van der Waals surface area (Å²) < 4.78 is 8.88. The molecule has 0 amide bonds. The maximum atomic E-state index is 8.88. The number of hydrogen-bond acceptors (Lipinski definition) is 1. The fourth-order valence-corrected chi connectivity index (χ4v) is 0. The van der Waals surface area contributed by atoms with Gasteiger partial charge in [-0.3, -0.25) is 0 Å². The second kappa shape index (κ2) is 6.59. The van der Waals surface area contributed by atoms with Gasteiger partial charge in [0, 0.05) is 32.7 Å². The monoisotopic (exact) mass is 229 g/mol. The van der Waals surface area contributed by atoms with Gasteiger partial charge in [-0.15, -0.1) is 0 Å². The van der Waals surface area contributed by atoms with E-state index < -0.39 is 7.82 Å². The van der Waals surface area contributed by atoms with Crippen LogP contribution in [0.25, 0.3) is 0 Å². The maximum Gasteiger partial charge on any atom is 2.00 e. The van der Waals surface area contributed by atoms with Crippen LogP contribution in [0.1, 0.15) is 2.85 Å². The molecular weight excluding hydrogens is 224 g/mol. The molecule has 0 spiro atoms. The first-order valence-electron chi connectivity index (χ1n) is 0.783. The van der Waals surface area contributed by atoms with Gasteiger partial charge in [0.2, 0.25) is 0 Å². The van der Waals surface area contributed by atoms with Crippen molar-refractivity contribution in [3.05, 3.63) is 0 Å². The van der Waals surface area contributed by atoms with E-state index in [9.17, 15) is 0 Å². The van der Waals surface area contributed by atoms with Gasteiger partial charge in [0.15, 0.2) is 0 Å². The predicted molar refractivity (Wildman–Crippen MR) is 22.2 cm³/mol. The Morgan fingerprint density at radius 3 is 1.29 bits per heavy atom. The average Bonchev–Trinajstić information content (AvgIpc) is 0.722. The van der Waals surface area contributed by atoms with Crippen molar-refractivity contribution in [2.24, 2.45) is 0 Å². The molecule has 0 aliphatic rings. The second-order valence-corrected chi connectivity index (χ2v) is 1.54. The standard InChI is InChI=1S/Ca.H3O4P.Y.2H/c;1-5(2,3)4;;;/h;(H3,1,2,3,4);;;/q+2;;;2*-1. The summed E-state index contributed by atoms with van der Waals surface area (Å²) in [5.41, 5.74) is 0. The van der Waals surface area contributed by atoms with Crippen LogP contribution in [0.3, 0.4) is 0 Å². The Balaban J connectivity index is -0.0000000133. The molecule has 0 atom stereocenters. The third-order valence-electron chi connectivity index (χ3n) is 0. The van der Waals surface area contributed by atoms with E-state index in [2.05, 4.69) is 0 Å². The fraction of sp³-hybridized carbons (Fsp3) is 0. The van der Waals surface area contributed by atoms with Gasteiger partial charge in [0.25, 0.3) is 0 Å². The predicted octanol–water partition coefficient (Wildman–Crippen LogP) is -1.09. The topological polar surface area (TPSA) is 77.8 Å². The van der Waals surface area contributed by atoms with Gasteiger partial charge in [0.05, 0.1) is 0 Å². The number of phosphoric acid groups is 1. The molecule has 0 bridgehead atoms. The third-order valence-corrected chi connectivity index (χ3v) is 0. The van der Waals surface area contributed by atoms with Crippen LogP contribution >= 0.6 is 7.82 Å². The SMILES string of the molecule is O=P(O)(O)O.[Ca+2].[H-].[H-].[Y]. The molecule has 0 aromatic rings. The van der Waals surface area contributed by atoms with Crippen LogP contribution in [-0.4, -0.2) is 52.4 Å². The molecule has 0 fully saturated rings. The van der Waals surface area contributed by atoms with Gasteiger partial charge < -0.3 is 17.5 Å². The first-order chi connectivity index (χ1) is 2.00. The molecule has 0 saturated carbocycles. The smallest absolute Gasteiger partial charge is 1.00 e. The fourth-order valence-electron chi connectivity index (χ4n) is 0. The minimum Gasteiger partial charge on any atom is -1.00 e. The first-order valence-corrected chi connectivity index (χ1v) is 2.35. The largest absolute Gasteiger partial charge is 2.00 e. The zero-order valence-electron chi connectivity index (χ0n) is 5.48. The van der Waals surface area contributed by atoms with Crippen molar-refractivity contribution in [3.8, 4) is 0 Å². The summed E-state index contributed by atoms with van der Waals surface area (Å²) in [6.07, 6.45) is 0. The molecular formula is H5CaO4PY. The van der Waals surface area contributed by atoms with E-state index in [0.717, 1.165) is 0 Å². The van der Waals surface area contributed by atoms with Gasteiger partial charge >= 0.3 is 45.6 Å². The Morgan fingerprint density at radius 1 is 1.29 bits per heavy atom. The molecule has 0 heterocycles. The van der Waals surface area contributed by atoms with Crippen molar-refractivity contribution in [2.75, 3.05) is 0 Å². The molecule has 0 aliphatic carbocycles. The van der Waals surface area contributed by atoms with E-state index in [1.54, 1.807) is 0 Å². The Morgan fingerprint density at radius 2 is 1.29 bits per heavy atom. The van der Waals surface area contributed by atoms with Gasteiger partial charge in [-0.1, -0.05) is 0 Å². The van der Waals surface area contributed by atoms with Crippen molar-refractivity contribution in [1.29, 1.82) is 0 Å². The maximum absolute atomic E-state index is 8.88. The molecule has 0 unspecified atom stereocenters. The molecule has 7 heavy (non-hydrogen) atoms. The van der Waals surface area contributed by atoms with Gasteiger partial charge in [-0.05, 0) is 0 Å². The van der Waals surface area contributed by atoms with Crippen molar-refractivity contribution in [1.82, 2.24) is 0 Å². The molecule has 1 radical (unpaired) electrons. The summed E-state index contributed by atoms with van der Waals surface area (Å²) in [5, 5.41) is 0. The second-order valence-electron chi connectivity index (χ2n) is 0.513. The molecule has 4 nitrogen and oxygen atoms in total. The van der Waals surface area contributed by atoms with Crippen LogP contribution in [0.5, 0.6) is 0 Å². The summed E-state index contributed by atoms with van der Waals surface area (Å²) in [6, 6.07) is 0. The van der Waals surface area contributed by atoms with E-state index in [1.165, 1.54) is 0 Å². The van der Waals surface area contributed by atoms with Crippen LogP contribution < -0.4 is 0 Å². The molecule has 0 saturated heterocycles. The minimum atomic E-state index is -4.64. The Labute approximate surface area is 98.8 Å². The van der Waals surface area contributed by atoms with Gasteiger partial charge in [-0.25, -0.2) is 4.57 Å². The minimum absolute atomic E-state index is 0. The average molecular weight is 229 g/mol. The van der Waals surface area contributed by atoms with Crippen LogP contribution in [0.4, 0.5) is 0 Å². The Kier molecular flexibility index (Phi) is 15.3. The van der Waals surface area contributed by atoms with E-state index in [1.807, 2.05) is 0 Å². The Bertz CT molecular complexity index is 64.7. The summed E-state index contributed by atoms with van der Waals surface area (Å²) in [6.45, 7) is 0. The van der Waals surface area contributed by atoms with E-state index in [4.69, 9.17) is 19.2 Å². The van der Waals surface area contributed by atoms with Crippen LogP contribution in [-0.2, 0) is 37.3 Å². The summed E-state index contributed by atoms with van der Waals surface area (Å²) in [5.74, 6) is 0. The van der Waals surface area contributed by atoms with E-state index >= 15 is 0 Å². The van der Waals surface area contributed by atoms with Crippen LogP contribution in [0, 0.1) is 0 Å². The van der Waals surface area contributed by atoms with E-state index in [0.29, 0.717) is 0 Å². The molecule has 0 rings (SSSR count). The number of rotatable bonds is 0. The molecule has 0 aromatic heterocycles. The van der Waals surface area contributed by atoms with Gasteiger partial charge in [-0.2, -0.15) is 0 Å². The third kappa shape index (κ3) is 58.0. The van der Waals surface area contributed by atoms with Crippen molar-refractivity contribution in [3.63, 3.8) is 0 Å². The first kappa shape index (κ1) is 16.2. The quantitative estimate of drug-likeness (QED) is 0.364. The number of hydrogen-bond donors (Lipinski definition) is 3. The zero-order chi connectivity index (χ0) is 4.50. The summed E-state index contributed by atoms with van der Waals surface area (Å²) in [4.78, 5) is 21.6. The summed E-state index contributed by atoms with van der Waals surface area (Å²) in [7, 11) is -4.64. The molecule has 7 heteroatoms. The van der Waals surface area contributed by atoms with Crippen molar-refractivity contribution < 1.29 is 54.8 Å². The molecule has 0 aliphatic heterocycles. The molecule has 39 valence electrons. The van der Waals surface area contributed by atoms with Crippen molar-refractivity contribution >= 4 is 45.6 Å². The normalized spacial score (nSPS) is 8.43. The molecule has 0 aromatic carbocycles.